The summed E-state index contributed by atoms with van der Waals surface area (Å²) in [7, 11) is 3.23. The molecule has 0 fully saturated rings. The molecular weight excluding hydrogens is 326 g/mol. The molecule has 0 saturated carbocycles. The Morgan fingerprint density at radius 1 is 1.16 bits per heavy atom. The molecule has 8 nitrogen and oxygen atoms in total. The number of carboxylic acid groups (broad SMARTS) is 1. The van der Waals surface area contributed by atoms with Crippen LogP contribution in [-0.4, -0.2) is 45.9 Å². The quantitative estimate of drug-likeness (QED) is 0.777. The molecule has 8 heteroatoms. The van der Waals surface area contributed by atoms with Crippen molar-refractivity contribution in [2.24, 2.45) is 0 Å². The first kappa shape index (κ1) is 16.4. The molecule has 0 aliphatic heterocycles. The zero-order valence-corrected chi connectivity index (χ0v) is 13.8. The summed E-state index contributed by atoms with van der Waals surface area (Å²) in [6.45, 7) is 1.76. The van der Waals surface area contributed by atoms with Gasteiger partial charge < -0.3 is 19.2 Å². The lowest BCUT2D eigenvalue weighted by atomic mass is 10.1. The van der Waals surface area contributed by atoms with Gasteiger partial charge in [-0.2, -0.15) is 0 Å². The van der Waals surface area contributed by atoms with Crippen molar-refractivity contribution in [2.75, 3.05) is 14.1 Å². The van der Waals surface area contributed by atoms with Crippen molar-refractivity contribution < 1.29 is 23.8 Å². The molecule has 0 aliphatic rings. The Bertz CT molecular complexity index is 960. The van der Waals surface area contributed by atoms with Gasteiger partial charge in [0.05, 0.1) is 23.3 Å². The molecule has 25 heavy (non-hydrogen) atoms. The van der Waals surface area contributed by atoms with Crippen molar-refractivity contribution >= 4 is 22.8 Å². The first-order valence-corrected chi connectivity index (χ1v) is 7.34. The zero-order valence-electron chi connectivity index (χ0n) is 13.8. The van der Waals surface area contributed by atoms with Crippen LogP contribution in [0, 0.1) is 6.92 Å². The van der Waals surface area contributed by atoms with Gasteiger partial charge in [0, 0.05) is 14.1 Å². The summed E-state index contributed by atoms with van der Waals surface area (Å²) < 4.78 is 11.2. The number of aromatic nitrogens is 2. The fourth-order valence-corrected chi connectivity index (χ4v) is 2.26. The topological polar surface area (TPSA) is 106 Å². The van der Waals surface area contributed by atoms with Crippen LogP contribution in [0.2, 0.25) is 0 Å². The van der Waals surface area contributed by atoms with Crippen LogP contribution in [0.1, 0.15) is 26.6 Å². The molecule has 3 aromatic rings. The number of rotatable bonds is 4. The number of amides is 1. The number of carbonyl (C=O) groups excluding carboxylic acids is 1. The summed E-state index contributed by atoms with van der Waals surface area (Å²) in [6, 6.07) is 4.57. The van der Waals surface area contributed by atoms with Gasteiger partial charge in [-0.25, -0.2) is 14.8 Å². The molecular formula is C17H15N3O5. The maximum atomic E-state index is 11.8. The number of fused-ring (bicyclic) bond motifs is 1. The zero-order chi connectivity index (χ0) is 18.1. The van der Waals surface area contributed by atoms with Crippen LogP contribution < -0.4 is 4.74 Å². The fraction of sp³-hybridized carbons (Fsp3) is 0.176. The average Bonchev–Trinajstić information content (AvgIpc) is 2.95. The van der Waals surface area contributed by atoms with Gasteiger partial charge in [0.1, 0.15) is 22.8 Å². The monoisotopic (exact) mass is 341 g/mol. The first-order chi connectivity index (χ1) is 11.8. The highest BCUT2D eigenvalue weighted by Crippen LogP contribution is 2.33. The summed E-state index contributed by atoms with van der Waals surface area (Å²) in [5, 5.41) is 9.85. The van der Waals surface area contributed by atoms with E-state index in [1.807, 2.05) is 0 Å². The average molecular weight is 341 g/mol. The van der Waals surface area contributed by atoms with Crippen LogP contribution in [0.4, 0.5) is 0 Å². The number of nitrogens with zero attached hydrogens (tertiary/aromatic N) is 3. The van der Waals surface area contributed by atoms with Gasteiger partial charge in [0.15, 0.2) is 0 Å². The van der Waals surface area contributed by atoms with Crippen molar-refractivity contribution in [3.63, 3.8) is 0 Å². The predicted octanol–water partition coefficient (Wildman–Crippen LogP) is 2.72. The number of hydrogen-bond acceptors (Lipinski definition) is 6. The van der Waals surface area contributed by atoms with E-state index in [-0.39, 0.29) is 28.8 Å². The van der Waals surface area contributed by atoms with Crippen LogP contribution in [-0.2, 0) is 0 Å². The molecule has 0 unspecified atom stereocenters. The highest BCUT2D eigenvalue weighted by atomic mass is 16.5. The summed E-state index contributed by atoms with van der Waals surface area (Å²) in [5.74, 6) is -0.329. The van der Waals surface area contributed by atoms with E-state index in [0.29, 0.717) is 16.7 Å². The van der Waals surface area contributed by atoms with Crippen molar-refractivity contribution in [3.05, 3.63) is 47.6 Å². The Balaban J connectivity index is 1.97. The molecule has 2 aromatic heterocycles. The van der Waals surface area contributed by atoms with Crippen LogP contribution in [0.3, 0.4) is 0 Å². The number of aryl methyl sites for hydroxylation is 1. The largest absolute Gasteiger partial charge is 0.478 e. The van der Waals surface area contributed by atoms with E-state index in [1.165, 1.54) is 29.4 Å². The Morgan fingerprint density at radius 3 is 2.52 bits per heavy atom. The molecule has 0 aliphatic carbocycles. The molecule has 1 N–H and O–H groups in total. The summed E-state index contributed by atoms with van der Waals surface area (Å²) in [5.41, 5.74) is 0.616. The molecule has 2 heterocycles. The number of ether oxygens (including phenoxy) is 1. The van der Waals surface area contributed by atoms with Gasteiger partial charge in [-0.3, -0.25) is 4.79 Å². The molecule has 3 rings (SSSR count). The van der Waals surface area contributed by atoms with Crippen molar-refractivity contribution in [3.8, 4) is 11.6 Å². The van der Waals surface area contributed by atoms with Gasteiger partial charge in [-0.1, -0.05) is 0 Å². The molecule has 0 atom stereocenters. The standard InChI is InChI=1S/C17H15N3O5/c1-9-4-11-13(24-9)5-10(17(22)23)6-14(11)25-15-8-18-12(7-19-15)16(21)20(2)3/h4-8H,1-3H3,(H,22,23). The third-order valence-electron chi connectivity index (χ3n) is 3.44. The van der Waals surface area contributed by atoms with Crippen molar-refractivity contribution in [2.45, 2.75) is 6.92 Å². The highest BCUT2D eigenvalue weighted by molar-refractivity contribution is 5.96. The maximum Gasteiger partial charge on any atom is 0.335 e. The van der Waals surface area contributed by atoms with E-state index >= 15 is 0 Å². The van der Waals surface area contributed by atoms with Gasteiger partial charge in [-0.05, 0) is 25.1 Å². The van der Waals surface area contributed by atoms with Gasteiger partial charge in [-0.15, -0.1) is 0 Å². The van der Waals surface area contributed by atoms with Crippen molar-refractivity contribution in [1.29, 1.82) is 0 Å². The maximum absolute atomic E-state index is 11.8. The lowest BCUT2D eigenvalue weighted by Gasteiger charge is -2.10. The minimum Gasteiger partial charge on any atom is -0.478 e. The Kier molecular flexibility index (Phi) is 4.10. The summed E-state index contributed by atoms with van der Waals surface area (Å²) in [4.78, 5) is 32.6. The molecule has 0 radical (unpaired) electrons. The normalized spacial score (nSPS) is 10.7. The van der Waals surface area contributed by atoms with Crippen LogP contribution in [0.25, 0.3) is 11.0 Å². The molecule has 0 bridgehead atoms. The molecule has 0 spiro atoms. The van der Waals surface area contributed by atoms with Crippen molar-refractivity contribution in [1.82, 2.24) is 14.9 Å². The Hall–Kier alpha value is -3.42. The second kappa shape index (κ2) is 6.23. The van der Waals surface area contributed by atoms with E-state index in [4.69, 9.17) is 9.15 Å². The third kappa shape index (κ3) is 3.27. The molecule has 1 aromatic carbocycles. The Morgan fingerprint density at radius 2 is 1.92 bits per heavy atom. The van der Waals surface area contributed by atoms with E-state index in [2.05, 4.69) is 9.97 Å². The minimum atomic E-state index is -1.10. The number of carboxylic acids is 1. The van der Waals surface area contributed by atoms with E-state index in [9.17, 15) is 14.7 Å². The van der Waals surface area contributed by atoms with Gasteiger partial charge in [0.25, 0.3) is 5.91 Å². The summed E-state index contributed by atoms with van der Waals surface area (Å²) in [6.07, 6.45) is 2.61. The number of carbonyl (C=O) groups is 2. The van der Waals surface area contributed by atoms with E-state index < -0.39 is 5.97 Å². The van der Waals surface area contributed by atoms with Crippen LogP contribution in [0.15, 0.2) is 35.0 Å². The molecule has 0 saturated heterocycles. The number of furan rings is 1. The van der Waals surface area contributed by atoms with Crippen LogP contribution in [0.5, 0.6) is 11.6 Å². The van der Waals surface area contributed by atoms with Gasteiger partial charge >= 0.3 is 5.97 Å². The first-order valence-electron chi connectivity index (χ1n) is 7.34. The molecule has 1 amide bonds. The SMILES string of the molecule is Cc1cc2c(Oc3cnc(C(=O)N(C)C)cn3)cc(C(=O)O)cc2o1. The minimum absolute atomic E-state index is 0.0317. The van der Waals surface area contributed by atoms with Crippen LogP contribution >= 0.6 is 0 Å². The lowest BCUT2D eigenvalue weighted by Crippen LogP contribution is -2.22. The number of aromatic carboxylic acids is 1. The second-order valence-electron chi connectivity index (χ2n) is 5.59. The Labute approximate surface area is 142 Å². The third-order valence-corrected chi connectivity index (χ3v) is 3.44. The smallest absolute Gasteiger partial charge is 0.335 e. The predicted molar refractivity (Wildman–Crippen MR) is 88.0 cm³/mol. The van der Waals surface area contributed by atoms with E-state index in [1.54, 1.807) is 27.1 Å². The number of hydrogen-bond donors (Lipinski definition) is 1. The fourth-order valence-electron chi connectivity index (χ4n) is 2.26. The molecule has 128 valence electrons. The summed E-state index contributed by atoms with van der Waals surface area (Å²) >= 11 is 0. The number of benzene rings is 1. The van der Waals surface area contributed by atoms with E-state index in [0.717, 1.165) is 0 Å². The highest BCUT2D eigenvalue weighted by Gasteiger charge is 2.15. The lowest BCUT2D eigenvalue weighted by molar-refractivity contribution is 0.0696. The van der Waals surface area contributed by atoms with Gasteiger partial charge in [0.2, 0.25) is 5.88 Å². The second-order valence-corrected chi connectivity index (χ2v) is 5.59.